The van der Waals surface area contributed by atoms with Crippen LogP contribution in [-0.4, -0.2) is 45.0 Å². The fourth-order valence-electron chi connectivity index (χ4n) is 5.28. The van der Waals surface area contributed by atoms with Crippen LogP contribution in [0, 0.1) is 6.92 Å². The van der Waals surface area contributed by atoms with Crippen molar-refractivity contribution in [3.8, 4) is 11.3 Å². The molecule has 0 unspecified atom stereocenters. The van der Waals surface area contributed by atoms with Crippen LogP contribution in [0.3, 0.4) is 0 Å². The largest absolute Gasteiger partial charge is 0.346 e. The average Bonchev–Trinajstić information content (AvgIpc) is 3.51. The van der Waals surface area contributed by atoms with E-state index in [1.807, 2.05) is 35.9 Å². The molecule has 0 fully saturated rings. The van der Waals surface area contributed by atoms with E-state index in [4.69, 9.17) is 0 Å². The number of nitrogens with one attached hydrogen (secondary N) is 1. The predicted molar refractivity (Wildman–Crippen MR) is 150 cm³/mol. The minimum absolute atomic E-state index is 0.0927. The number of amides is 3. The first-order chi connectivity index (χ1) is 18.4. The topological polar surface area (TPSA) is 84.3 Å². The number of carbonyl (C=O) groups excluding carboxylic acids is 3. The van der Waals surface area contributed by atoms with Crippen molar-refractivity contribution in [2.24, 2.45) is 0 Å². The van der Waals surface area contributed by atoms with Crippen LogP contribution in [0.5, 0.6) is 0 Å². The van der Waals surface area contributed by atoms with Crippen LogP contribution >= 0.6 is 27.3 Å². The van der Waals surface area contributed by atoms with Crippen molar-refractivity contribution in [3.05, 3.63) is 97.3 Å². The molecule has 0 saturated heterocycles. The fraction of sp³-hybridized carbons (Fsp3) is 0.241. The minimum Gasteiger partial charge on any atom is -0.346 e. The van der Waals surface area contributed by atoms with E-state index in [0.29, 0.717) is 22.4 Å². The predicted octanol–water partition coefficient (Wildman–Crippen LogP) is 5.27. The molecule has 0 aliphatic carbocycles. The summed E-state index contributed by atoms with van der Waals surface area (Å²) in [5.74, 6) is -0.857. The van der Waals surface area contributed by atoms with Crippen LogP contribution in [0.1, 0.15) is 52.8 Å². The zero-order chi connectivity index (χ0) is 26.4. The Bertz CT molecular complexity index is 1560. The standard InChI is InChI=1S/C29H25BrN4O3S/c1-17-6-4-7-18(12-17)13-19(16-33-28(36)20-8-2-3-9-21(20)29(33)37)32-27(35)25-14-22-24(38-25)10-5-11-34-26(22)23(30)15-31-34/h2-4,6-9,12,14-15,19H,5,10-11,13,16H2,1H3,(H,32,35)/t19-/m0/s1. The van der Waals surface area contributed by atoms with E-state index < -0.39 is 6.04 Å². The second kappa shape index (κ2) is 9.96. The number of rotatable bonds is 6. The molecule has 0 bridgehead atoms. The maximum atomic E-state index is 13.6. The van der Waals surface area contributed by atoms with Gasteiger partial charge in [0, 0.05) is 23.5 Å². The Kier molecular flexibility index (Phi) is 6.49. The quantitative estimate of drug-likeness (QED) is 0.311. The van der Waals surface area contributed by atoms with Gasteiger partial charge >= 0.3 is 0 Å². The summed E-state index contributed by atoms with van der Waals surface area (Å²) in [5, 5.41) is 7.61. The molecule has 1 atom stereocenters. The van der Waals surface area contributed by atoms with Crippen molar-refractivity contribution >= 4 is 45.0 Å². The Morgan fingerprint density at radius 3 is 2.58 bits per heavy atom. The maximum absolute atomic E-state index is 13.6. The van der Waals surface area contributed by atoms with Gasteiger partial charge in [0.05, 0.1) is 38.4 Å². The van der Waals surface area contributed by atoms with Gasteiger partial charge in [0.15, 0.2) is 0 Å². The molecule has 7 nitrogen and oxygen atoms in total. The van der Waals surface area contributed by atoms with Gasteiger partial charge in [-0.3, -0.25) is 24.0 Å². The van der Waals surface area contributed by atoms with Crippen LogP contribution in [0.15, 0.2) is 65.3 Å². The van der Waals surface area contributed by atoms with Gasteiger partial charge in [-0.1, -0.05) is 42.0 Å². The van der Waals surface area contributed by atoms with Crippen molar-refractivity contribution in [3.63, 3.8) is 0 Å². The molecule has 38 heavy (non-hydrogen) atoms. The molecule has 9 heteroatoms. The first-order valence-corrected chi connectivity index (χ1v) is 14.2. The number of carbonyl (C=O) groups is 3. The van der Waals surface area contributed by atoms with Gasteiger partial charge in [-0.25, -0.2) is 0 Å². The first-order valence-electron chi connectivity index (χ1n) is 12.5. The van der Waals surface area contributed by atoms with Gasteiger partial charge in [0.1, 0.15) is 0 Å². The van der Waals surface area contributed by atoms with Gasteiger partial charge in [0.2, 0.25) is 0 Å². The highest BCUT2D eigenvalue weighted by molar-refractivity contribution is 9.10. The summed E-state index contributed by atoms with van der Waals surface area (Å²) in [6.07, 6.45) is 4.11. The van der Waals surface area contributed by atoms with E-state index in [2.05, 4.69) is 32.4 Å². The summed E-state index contributed by atoms with van der Waals surface area (Å²) in [4.78, 5) is 42.8. The van der Waals surface area contributed by atoms with E-state index in [1.54, 1.807) is 30.5 Å². The van der Waals surface area contributed by atoms with Crippen molar-refractivity contribution in [2.45, 2.75) is 38.8 Å². The number of imide groups is 1. The fourth-order valence-corrected chi connectivity index (χ4v) is 6.90. The molecule has 2 aliphatic heterocycles. The molecule has 0 radical (unpaired) electrons. The monoisotopic (exact) mass is 588 g/mol. The van der Waals surface area contributed by atoms with E-state index in [1.165, 1.54) is 16.2 Å². The maximum Gasteiger partial charge on any atom is 0.261 e. The van der Waals surface area contributed by atoms with Crippen molar-refractivity contribution in [1.29, 1.82) is 0 Å². The lowest BCUT2D eigenvalue weighted by molar-refractivity contribution is 0.0629. The third kappa shape index (κ3) is 4.50. The van der Waals surface area contributed by atoms with Gasteiger partial charge in [-0.05, 0) is 65.9 Å². The SMILES string of the molecule is Cc1cccc(C[C@@H](CN2C(=O)c3ccccc3C2=O)NC(=O)c2cc3c(s2)CCCn2ncc(Br)c2-3)c1. The second-order valence-electron chi connectivity index (χ2n) is 9.75. The first kappa shape index (κ1) is 24.8. The Balaban J connectivity index is 1.28. The molecular formula is C29H25BrN4O3S. The van der Waals surface area contributed by atoms with Crippen molar-refractivity contribution in [1.82, 2.24) is 20.0 Å². The number of fused-ring (bicyclic) bond motifs is 4. The van der Waals surface area contributed by atoms with Crippen LogP contribution in [0.4, 0.5) is 0 Å². The third-order valence-electron chi connectivity index (χ3n) is 7.04. The third-order valence-corrected chi connectivity index (χ3v) is 8.81. The molecule has 3 amide bonds. The zero-order valence-electron chi connectivity index (χ0n) is 20.7. The van der Waals surface area contributed by atoms with Gasteiger partial charge in [-0.15, -0.1) is 11.3 Å². The highest BCUT2D eigenvalue weighted by Crippen LogP contribution is 2.38. The van der Waals surface area contributed by atoms with Crippen LogP contribution in [0.25, 0.3) is 11.3 Å². The van der Waals surface area contributed by atoms with Crippen LogP contribution in [0.2, 0.25) is 0 Å². The molecule has 2 aromatic heterocycles. The lowest BCUT2D eigenvalue weighted by Gasteiger charge is -2.24. The Labute approximate surface area is 232 Å². The molecule has 6 rings (SSSR count). The number of aromatic nitrogens is 2. The number of aryl methyl sites for hydroxylation is 3. The Hall–Kier alpha value is -3.56. The highest BCUT2D eigenvalue weighted by Gasteiger charge is 2.37. The van der Waals surface area contributed by atoms with Crippen molar-refractivity contribution < 1.29 is 14.4 Å². The number of benzene rings is 2. The molecule has 0 saturated carbocycles. The average molecular weight is 590 g/mol. The lowest BCUT2D eigenvalue weighted by Crippen LogP contribution is -2.46. The molecule has 2 aromatic carbocycles. The number of nitrogens with zero attached hydrogens (tertiary/aromatic N) is 3. The highest BCUT2D eigenvalue weighted by atomic mass is 79.9. The molecule has 4 aromatic rings. The van der Waals surface area contributed by atoms with E-state index >= 15 is 0 Å². The summed E-state index contributed by atoms with van der Waals surface area (Å²) in [6.45, 7) is 2.95. The molecular weight excluding hydrogens is 564 g/mol. The van der Waals surface area contributed by atoms with E-state index in [-0.39, 0.29) is 24.3 Å². The minimum atomic E-state index is -0.453. The molecule has 2 aliphatic rings. The summed E-state index contributed by atoms with van der Waals surface area (Å²) in [5.41, 5.74) is 4.97. The molecule has 192 valence electrons. The summed E-state index contributed by atoms with van der Waals surface area (Å²) >= 11 is 5.11. The summed E-state index contributed by atoms with van der Waals surface area (Å²) < 4.78 is 2.89. The van der Waals surface area contributed by atoms with Gasteiger partial charge < -0.3 is 5.32 Å². The number of halogens is 1. The number of hydrogen-bond acceptors (Lipinski definition) is 5. The normalized spacial score (nSPS) is 15.1. The van der Waals surface area contributed by atoms with E-state index in [9.17, 15) is 14.4 Å². The van der Waals surface area contributed by atoms with Gasteiger partial charge in [-0.2, -0.15) is 5.10 Å². The smallest absolute Gasteiger partial charge is 0.261 e. The Morgan fingerprint density at radius 2 is 1.84 bits per heavy atom. The Morgan fingerprint density at radius 1 is 1.08 bits per heavy atom. The molecule has 1 N–H and O–H groups in total. The van der Waals surface area contributed by atoms with Crippen LogP contribution in [-0.2, 0) is 19.4 Å². The van der Waals surface area contributed by atoms with Crippen LogP contribution < -0.4 is 5.32 Å². The lowest BCUT2D eigenvalue weighted by atomic mass is 10.0. The zero-order valence-corrected chi connectivity index (χ0v) is 23.1. The summed E-state index contributed by atoms with van der Waals surface area (Å²) in [6, 6.07) is 16.4. The summed E-state index contributed by atoms with van der Waals surface area (Å²) in [7, 11) is 0. The van der Waals surface area contributed by atoms with Gasteiger partial charge in [0.25, 0.3) is 17.7 Å². The van der Waals surface area contributed by atoms with E-state index in [0.717, 1.165) is 51.1 Å². The van der Waals surface area contributed by atoms with Crippen molar-refractivity contribution in [2.75, 3.05) is 6.54 Å². The number of hydrogen-bond donors (Lipinski definition) is 1. The number of thiophene rings is 1. The molecule has 0 spiro atoms. The second-order valence-corrected chi connectivity index (χ2v) is 11.7. The molecule has 4 heterocycles.